The van der Waals surface area contributed by atoms with E-state index in [-0.39, 0.29) is 11.3 Å². The molecule has 2 N–H and O–H groups in total. The minimum Gasteiger partial charge on any atom is -0.439 e. The Morgan fingerprint density at radius 1 is 1.00 bits per heavy atom. The lowest BCUT2D eigenvalue weighted by Crippen LogP contribution is -2.20. The predicted molar refractivity (Wildman–Crippen MR) is 127 cm³/mol. The minimum absolute atomic E-state index is 0.0335. The highest BCUT2D eigenvalue weighted by Crippen LogP contribution is 2.24. The van der Waals surface area contributed by atoms with Crippen LogP contribution >= 0.6 is 0 Å². The number of aromatic nitrogens is 1. The molecule has 162 valence electrons. The van der Waals surface area contributed by atoms with E-state index in [0.29, 0.717) is 18.8 Å². The van der Waals surface area contributed by atoms with E-state index < -0.39 is 0 Å². The van der Waals surface area contributed by atoms with Crippen molar-refractivity contribution in [3.63, 3.8) is 0 Å². The first kappa shape index (κ1) is 22.3. The summed E-state index contributed by atoms with van der Waals surface area (Å²) in [7, 11) is 0. The van der Waals surface area contributed by atoms with Gasteiger partial charge in [0.2, 0.25) is 11.8 Å². The Labute approximate surface area is 184 Å². The lowest BCUT2D eigenvalue weighted by atomic mass is 9.92. The first-order valence-corrected chi connectivity index (χ1v) is 10.5. The summed E-state index contributed by atoms with van der Waals surface area (Å²) in [5.41, 5.74) is 5.07. The highest BCUT2D eigenvalue weighted by molar-refractivity contribution is 5.92. The number of hydrogen-bond donors (Lipinski definition) is 2. The standard InChI is InChI=1S/C26H31N3O2/c1-18-6-10-22(11-7-18)31-25-13-8-20(17-28-25)16-27-21-9-12-23(19(2)14-21)29-24(30)15-26(3,4)5/h6-14,17,27H,15-16H2,1-5H3,(H,29,30). The van der Waals surface area contributed by atoms with Crippen LogP contribution in [0.2, 0.25) is 0 Å². The van der Waals surface area contributed by atoms with Crippen molar-refractivity contribution in [2.24, 2.45) is 5.41 Å². The Kier molecular flexibility index (Phi) is 6.95. The van der Waals surface area contributed by atoms with Gasteiger partial charge in [-0.05, 0) is 60.7 Å². The molecule has 1 heterocycles. The molecule has 0 radical (unpaired) electrons. The molecule has 0 unspecified atom stereocenters. The van der Waals surface area contributed by atoms with Gasteiger partial charge in [0.1, 0.15) is 5.75 Å². The fourth-order valence-electron chi connectivity index (χ4n) is 3.10. The van der Waals surface area contributed by atoms with Crippen LogP contribution in [0.5, 0.6) is 11.6 Å². The van der Waals surface area contributed by atoms with Crippen LogP contribution in [-0.4, -0.2) is 10.9 Å². The van der Waals surface area contributed by atoms with Gasteiger partial charge in [0.05, 0.1) is 0 Å². The number of carbonyl (C=O) groups excluding carboxylic acids is 1. The summed E-state index contributed by atoms with van der Waals surface area (Å²) in [5.74, 6) is 1.38. The molecule has 1 amide bonds. The molecule has 0 saturated carbocycles. The summed E-state index contributed by atoms with van der Waals surface area (Å²) in [6.07, 6.45) is 2.30. The van der Waals surface area contributed by atoms with Crippen LogP contribution in [0.3, 0.4) is 0 Å². The maximum absolute atomic E-state index is 12.2. The molecule has 0 bridgehead atoms. The van der Waals surface area contributed by atoms with Gasteiger partial charge in [-0.3, -0.25) is 4.79 Å². The van der Waals surface area contributed by atoms with Crippen LogP contribution < -0.4 is 15.4 Å². The second-order valence-electron chi connectivity index (χ2n) is 9.09. The highest BCUT2D eigenvalue weighted by Gasteiger charge is 2.16. The van der Waals surface area contributed by atoms with Gasteiger partial charge in [0, 0.05) is 36.6 Å². The number of carbonyl (C=O) groups is 1. The number of aryl methyl sites for hydroxylation is 2. The number of ether oxygens (including phenoxy) is 1. The van der Waals surface area contributed by atoms with Crippen LogP contribution in [0.25, 0.3) is 0 Å². The summed E-state index contributed by atoms with van der Waals surface area (Å²) in [6.45, 7) is 10.9. The van der Waals surface area contributed by atoms with E-state index >= 15 is 0 Å². The number of hydrogen-bond acceptors (Lipinski definition) is 4. The lowest BCUT2D eigenvalue weighted by Gasteiger charge is -2.18. The Hall–Kier alpha value is -3.34. The third-order valence-electron chi connectivity index (χ3n) is 4.73. The van der Waals surface area contributed by atoms with Crippen molar-refractivity contribution >= 4 is 17.3 Å². The zero-order valence-corrected chi connectivity index (χ0v) is 19.0. The van der Waals surface area contributed by atoms with E-state index in [0.717, 1.165) is 28.3 Å². The van der Waals surface area contributed by atoms with E-state index in [4.69, 9.17) is 4.74 Å². The van der Waals surface area contributed by atoms with Crippen LogP contribution in [0.4, 0.5) is 11.4 Å². The highest BCUT2D eigenvalue weighted by atomic mass is 16.5. The molecule has 0 aliphatic carbocycles. The van der Waals surface area contributed by atoms with Crippen molar-refractivity contribution in [3.8, 4) is 11.6 Å². The average molecular weight is 418 g/mol. The number of nitrogens with one attached hydrogen (secondary N) is 2. The van der Waals surface area contributed by atoms with E-state index in [2.05, 4.69) is 36.4 Å². The smallest absolute Gasteiger partial charge is 0.224 e. The molecule has 0 saturated heterocycles. The minimum atomic E-state index is -0.0335. The molecule has 31 heavy (non-hydrogen) atoms. The molecule has 3 aromatic rings. The fraction of sp³-hybridized carbons (Fsp3) is 0.308. The number of benzene rings is 2. The van der Waals surface area contributed by atoms with Crippen molar-refractivity contribution in [2.45, 2.75) is 47.6 Å². The zero-order chi connectivity index (χ0) is 22.4. The topological polar surface area (TPSA) is 63.2 Å². The monoisotopic (exact) mass is 417 g/mol. The summed E-state index contributed by atoms with van der Waals surface area (Å²) in [5, 5.41) is 6.41. The van der Waals surface area contributed by atoms with Gasteiger partial charge in [-0.1, -0.05) is 44.5 Å². The summed E-state index contributed by atoms with van der Waals surface area (Å²) >= 11 is 0. The second kappa shape index (κ2) is 9.65. The molecule has 0 fully saturated rings. The number of amides is 1. The van der Waals surface area contributed by atoms with Gasteiger partial charge in [-0.15, -0.1) is 0 Å². The maximum atomic E-state index is 12.2. The number of nitrogens with zero attached hydrogens (tertiary/aromatic N) is 1. The first-order valence-electron chi connectivity index (χ1n) is 10.5. The molecule has 0 aliphatic rings. The van der Waals surface area contributed by atoms with Crippen molar-refractivity contribution < 1.29 is 9.53 Å². The van der Waals surface area contributed by atoms with Gasteiger partial charge in [-0.2, -0.15) is 0 Å². The Bertz CT molecular complexity index is 1020. The summed E-state index contributed by atoms with van der Waals surface area (Å²) < 4.78 is 5.78. The quantitative estimate of drug-likeness (QED) is 0.462. The molecule has 0 aliphatic heterocycles. The molecular weight excluding hydrogens is 386 g/mol. The Balaban J connectivity index is 1.54. The van der Waals surface area contributed by atoms with Gasteiger partial charge in [0.15, 0.2) is 0 Å². The lowest BCUT2D eigenvalue weighted by molar-refractivity contribution is -0.117. The van der Waals surface area contributed by atoms with Gasteiger partial charge < -0.3 is 15.4 Å². The van der Waals surface area contributed by atoms with Crippen LogP contribution in [-0.2, 0) is 11.3 Å². The number of rotatable bonds is 7. The van der Waals surface area contributed by atoms with Crippen molar-refractivity contribution in [1.82, 2.24) is 4.98 Å². The average Bonchev–Trinajstić information content (AvgIpc) is 2.70. The van der Waals surface area contributed by atoms with Crippen molar-refractivity contribution in [1.29, 1.82) is 0 Å². The second-order valence-corrected chi connectivity index (χ2v) is 9.09. The first-order chi connectivity index (χ1) is 14.7. The molecule has 0 spiro atoms. The summed E-state index contributed by atoms with van der Waals surface area (Å²) in [4.78, 5) is 16.6. The fourth-order valence-corrected chi connectivity index (χ4v) is 3.10. The molecule has 0 atom stereocenters. The van der Waals surface area contributed by atoms with E-state index in [1.807, 2.05) is 74.6 Å². The van der Waals surface area contributed by atoms with Crippen LogP contribution in [0.1, 0.15) is 43.9 Å². The molecule has 5 heteroatoms. The van der Waals surface area contributed by atoms with E-state index in [1.165, 1.54) is 5.56 Å². The molecule has 3 rings (SSSR count). The molecular formula is C26H31N3O2. The van der Waals surface area contributed by atoms with Crippen LogP contribution in [0, 0.1) is 19.3 Å². The Morgan fingerprint density at radius 3 is 2.35 bits per heavy atom. The molecule has 2 aromatic carbocycles. The zero-order valence-electron chi connectivity index (χ0n) is 19.0. The summed E-state index contributed by atoms with van der Waals surface area (Å²) in [6, 6.07) is 17.7. The van der Waals surface area contributed by atoms with Crippen molar-refractivity contribution in [2.75, 3.05) is 10.6 Å². The van der Waals surface area contributed by atoms with Gasteiger partial charge in [-0.25, -0.2) is 4.98 Å². The third-order valence-corrected chi connectivity index (χ3v) is 4.73. The van der Waals surface area contributed by atoms with Gasteiger partial charge in [0.25, 0.3) is 0 Å². The predicted octanol–water partition coefficient (Wildman–Crippen LogP) is 6.48. The van der Waals surface area contributed by atoms with Crippen LogP contribution in [0.15, 0.2) is 60.8 Å². The molecule has 1 aromatic heterocycles. The number of anilines is 2. The SMILES string of the molecule is Cc1ccc(Oc2ccc(CNc3ccc(NC(=O)CC(C)(C)C)c(C)c3)cn2)cc1. The van der Waals surface area contributed by atoms with E-state index in [1.54, 1.807) is 0 Å². The van der Waals surface area contributed by atoms with Crippen molar-refractivity contribution in [3.05, 3.63) is 77.5 Å². The number of pyridine rings is 1. The Morgan fingerprint density at radius 2 is 1.74 bits per heavy atom. The van der Waals surface area contributed by atoms with E-state index in [9.17, 15) is 4.79 Å². The largest absolute Gasteiger partial charge is 0.439 e. The third kappa shape index (κ3) is 7.14. The molecule has 5 nitrogen and oxygen atoms in total. The van der Waals surface area contributed by atoms with Gasteiger partial charge >= 0.3 is 0 Å². The normalized spacial score (nSPS) is 11.1. The maximum Gasteiger partial charge on any atom is 0.224 e.